The Balaban J connectivity index is 4.38. The van der Waals surface area contributed by atoms with Gasteiger partial charge in [0.1, 0.15) is 12.7 Å². The highest BCUT2D eigenvalue weighted by atomic mass is 31.2. The molecule has 0 radical (unpaired) electrons. The zero-order valence-corrected chi connectivity index (χ0v) is 31.8. The van der Waals surface area contributed by atoms with E-state index in [-0.39, 0.29) is 19.4 Å². The highest BCUT2D eigenvalue weighted by Crippen LogP contribution is 2.43. The largest absolute Gasteiger partial charge is 0.472 e. The lowest BCUT2D eigenvalue weighted by Crippen LogP contribution is -2.29. The summed E-state index contributed by atoms with van der Waals surface area (Å²) >= 11 is 0. The molecular weight excluding hydrogens is 647 g/mol. The molecule has 0 fully saturated rings. The number of rotatable bonds is 36. The zero-order valence-electron chi connectivity index (χ0n) is 30.9. The number of ether oxygens (including phenoxy) is 2. The maximum Gasteiger partial charge on any atom is 0.472 e. The van der Waals surface area contributed by atoms with Crippen molar-refractivity contribution in [1.29, 1.82) is 0 Å². The molecule has 0 aliphatic carbocycles. The second kappa shape index (κ2) is 34.9. The lowest BCUT2D eigenvalue weighted by Gasteiger charge is -2.20. The van der Waals surface area contributed by atoms with Crippen LogP contribution in [-0.2, 0) is 32.7 Å². The van der Waals surface area contributed by atoms with Crippen LogP contribution in [0.4, 0.5) is 0 Å². The Bertz CT molecular complexity index is 879. The molecule has 0 aromatic heterocycles. The number of aliphatic hydroxyl groups is 2. The second-order valence-corrected chi connectivity index (χ2v) is 14.4. The monoisotopic (exact) mass is 718 g/mol. The quantitative estimate of drug-likeness (QED) is 0.0248. The normalized spacial score (nSPS) is 14.3. The predicted octanol–water partition coefficient (Wildman–Crippen LogP) is 9.44. The lowest BCUT2D eigenvalue weighted by atomic mass is 10.1. The molecule has 0 aliphatic heterocycles. The van der Waals surface area contributed by atoms with Gasteiger partial charge in [-0.05, 0) is 64.2 Å². The van der Waals surface area contributed by atoms with Gasteiger partial charge in [0.25, 0.3) is 0 Å². The number of unbranched alkanes of at least 4 members (excludes halogenated alkanes) is 18. The molecule has 10 nitrogen and oxygen atoms in total. The third-order valence-corrected chi connectivity index (χ3v) is 9.03. The third-order valence-electron chi connectivity index (χ3n) is 8.08. The Morgan fingerprint density at radius 2 is 1.00 bits per heavy atom. The smallest absolute Gasteiger partial charge is 0.462 e. The summed E-state index contributed by atoms with van der Waals surface area (Å²) in [4.78, 5) is 34.8. The minimum Gasteiger partial charge on any atom is -0.462 e. The molecule has 11 heteroatoms. The van der Waals surface area contributed by atoms with Crippen LogP contribution in [0, 0.1) is 0 Å². The molecule has 0 aromatic rings. The molecule has 3 N–H and O–H groups in total. The summed E-state index contributed by atoms with van der Waals surface area (Å²) in [6.45, 7) is 2.31. The van der Waals surface area contributed by atoms with Gasteiger partial charge in [-0.3, -0.25) is 18.6 Å². The van der Waals surface area contributed by atoms with Gasteiger partial charge >= 0.3 is 19.8 Å². The Labute approximate surface area is 298 Å². The van der Waals surface area contributed by atoms with Crippen LogP contribution in [0.25, 0.3) is 0 Å². The number of phosphoric ester groups is 1. The summed E-state index contributed by atoms with van der Waals surface area (Å²) in [7, 11) is -4.61. The first-order valence-corrected chi connectivity index (χ1v) is 20.8. The van der Waals surface area contributed by atoms with E-state index in [0.29, 0.717) is 12.8 Å². The van der Waals surface area contributed by atoms with Gasteiger partial charge in [-0.2, -0.15) is 0 Å². The van der Waals surface area contributed by atoms with E-state index in [1.54, 1.807) is 0 Å². The number of allylic oxidation sites excluding steroid dienone is 4. The molecule has 0 saturated carbocycles. The number of aliphatic hydroxyl groups excluding tert-OH is 2. The summed E-state index contributed by atoms with van der Waals surface area (Å²) in [5.74, 6) is -0.945. The Morgan fingerprint density at radius 3 is 1.51 bits per heavy atom. The summed E-state index contributed by atoms with van der Waals surface area (Å²) in [5.41, 5.74) is 0. The van der Waals surface area contributed by atoms with Crippen molar-refractivity contribution in [1.82, 2.24) is 0 Å². The minimum absolute atomic E-state index is 0.173. The van der Waals surface area contributed by atoms with Crippen LogP contribution in [0.5, 0.6) is 0 Å². The summed E-state index contributed by atoms with van der Waals surface area (Å²) < 4.78 is 32.5. The second-order valence-electron chi connectivity index (χ2n) is 12.9. The molecule has 0 amide bonds. The van der Waals surface area contributed by atoms with Crippen molar-refractivity contribution in [2.24, 2.45) is 0 Å². The number of hydrogen-bond acceptors (Lipinski definition) is 9. The molecule has 0 spiro atoms. The first kappa shape index (κ1) is 47.4. The molecule has 3 atom stereocenters. The number of hydrogen-bond donors (Lipinski definition) is 3. The van der Waals surface area contributed by atoms with Gasteiger partial charge in [0.05, 0.1) is 19.8 Å². The first-order valence-electron chi connectivity index (χ1n) is 19.3. The highest BCUT2D eigenvalue weighted by molar-refractivity contribution is 7.47. The van der Waals surface area contributed by atoms with E-state index in [0.717, 1.165) is 77.0 Å². The van der Waals surface area contributed by atoms with E-state index in [1.165, 1.54) is 51.4 Å². The van der Waals surface area contributed by atoms with Gasteiger partial charge in [0.15, 0.2) is 6.10 Å². The molecule has 0 aliphatic rings. The average Bonchev–Trinajstić information content (AvgIpc) is 3.09. The number of carbonyl (C=O) groups excluding carboxylic acids is 2. The van der Waals surface area contributed by atoms with Crippen LogP contribution >= 0.6 is 7.82 Å². The number of carbonyl (C=O) groups is 2. The van der Waals surface area contributed by atoms with Gasteiger partial charge < -0.3 is 24.6 Å². The van der Waals surface area contributed by atoms with Crippen molar-refractivity contribution in [3.8, 4) is 0 Å². The fraction of sp³-hybridized carbons (Fsp3) is 0.842. The molecule has 0 heterocycles. The van der Waals surface area contributed by atoms with Crippen LogP contribution < -0.4 is 0 Å². The summed E-state index contributed by atoms with van der Waals surface area (Å²) in [6, 6.07) is 0. The maximum atomic E-state index is 12.5. The van der Waals surface area contributed by atoms with E-state index in [1.807, 2.05) is 0 Å². The van der Waals surface area contributed by atoms with Crippen molar-refractivity contribution in [3.05, 3.63) is 24.3 Å². The minimum atomic E-state index is -4.61. The van der Waals surface area contributed by atoms with Gasteiger partial charge in [-0.15, -0.1) is 0 Å². The fourth-order valence-corrected chi connectivity index (χ4v) is 5.83. The van der Waals surface area contributed by atoms with Crippen LogP contribution in [0.3, 0.4) is 0 Å². The standard InChI is InChI=1S/C38H71O10P/c1-3-5-7-9-11-13-15-17-18-20-21-23-25-27-29-37(41)45-33-36(34-47-49(43,44)46-32-35(40)31-39)48-38(42)30-28-26-24-22-19-16-14-12-10-8-6-4-2/h12,14-15,17,35-36,39-40H,3-11,13,16,18-34H2,1-2H3,(H,43,44)/b14-12-,17-15-/t35-,36+/m0/s1. The highest BCUT2D eigenvalue weighted by Gasteiger charge is 2.27. The van der Waals surface area contributed by atoms with Crippen molar-refractivity contribution in [2.75, 3.05) is 26.4 Å². The molecule has 0 aromatic carbocycles. The van der Waals surface area contributed by atoms with Gasteiger partial charge in [0.2, 0.25) is 0 Å². The van der Waals surface area contributed by atoms with Crippen LogP contribution in [-0.4, -0.2) is 65.7 Å². The lowest BCUT2D eigenvalue weighted by molar-refractivity contribution is -0.161. The first-order chi connectivity index (χ1) is 23.7. The van der Waals surface area contributed by atoms with Crippen LogP contribution in [0.1, 0.15) is 168 Å². The van der Waals surface area contributed by atoms with E-state index in [4.69, 9.17) is 19.1 Å². The van der Waals surface area contributed by atoms with E-state index >= 15 is 0 Å². The SMILES string of the molecule is CCCCC/C=C\CCCCCCCC(=O)O[C@H](COC(=O)CCCCCCC/C=C\CCCCCCC)COP(=O)(O)OC[C@@H](O)CO. The van der Waals surface area contributed by atoms with Crippen molar-refractivity contribution < 1.29 is 47.8 Å². The van der Waals surface area contributed by atoms with E-state index < -0.39 is 51.8 Å². The third kappa shape index (κ3) is 34.7. The Kier molecular flexibility index (Phi) is 33.8. The van der Waals surface area contributed by atoms with Crippen molar-refractivity contribution >= 4 is 19.8 Å². The van der Waals surface area contributed by atoms with Crippen molar-refractivity contribution in [3.63, 3.8) is 0 Å². The fourth-order valence-electron chi connectivity index (χ4n) is 5.04. The van der Waals surface area contributed by atoms with Crippen LogP contribution in [0.15, 0.2) is 24.3 Å². The summed E-state index contributed by atoms with van der Waals surface area (Å²) in [5, 5.41) is 18.3. The number of phosphoric acid groups is 1. The molecule has 288 valence electrons. The number of esters is 2. The zero-order chi connectivity index (χ0) is 36.3. The Hall–Kier alpha value is -1.55. The molecular formula is C38H71O10P. The average molecular weight is 719 g/mol. The van der Waals surface area contributed by atoms with Crippen LogP contribution in [0.2, 0.25) is 0 Å². The van der Waals surface area contributed by atoms with Gasteiger partial charge in [0, 0.05) is 12.8 Å². The molecule has 49 heavy (non-hydrogen) atoms. The van der Waals surface area contributed by atoms with Crippen molar-refractivity contribution in [2.45, 2.75) is 180 Å². The van der Waals surface area contributed by atoms with Gasteiger partial charge in [-0.1, -0.05) is 115 Å². The maximum absolute atomic E-state index is 12.5. The van der Waals surface area contributed by atoms with Gasteiger partial charge in [-0.25, -0.2) is 4.57 Å². The topological polar surface area (TPSA) is 149 Å². The Morgan fingerprint density at radius 1 is 0.592 bits per heavy atom. The summed E-state index contributed by atoms with van der Waals surface area (Å²) in [6.07, 6.45) is 31.5. The van der Waals surface area contributed by atoms with E-state index in [2.05, 4.69) is 42.7 Å². The molecule has 0 saturated heterocycles. The molecule has 0 rings (SSSR count). The van der Waals surface area contributed by atoms with E-state index in [9.17, 15) is 24.2 Å². The molecule has 1 unspecified atom stereocenters. The predicted molar refractivity (Wildman–Crippen MR) is 196 cm³/mol. The molecule has 0 bridgehead atoms.